The van der Waals surface area contributed by atoms with Crippen LogP contribution in [-0.4, -0.2) is 28.5 Å². The van der Waals surface area contributed by atoms with Gasteiger partial charge in [-0.2, -0.15) is 0 Å². The number of nitrogens with one attached hydrogen (secondary N) is 2. The molecule has 0 aromatic carbocycles. The van der Waals surface area contributed by atoms with Gasteiger partial charge in [0.2, 0.25) is 5.91 Å². The highest BCUT2D eigenvalue weighted by atomic mass is 32.2. The van der Waals surface area contributed by atoms with Crippen LogP contribution in [0.2, 0.25) is 0 Å². The maximum atomic E-state index is 11.5. The fourth-order valence-corrected chi connectivity index (χ4v) is 2.00. The number of carbonyl (C=O) groups excluding carboxylic acids is 2. The highest BCUT2D eigenvalue weighted by molar-refractivity contribution is 8.14. The summed E-state index contributed by atoms with van der Waals surface area (Å²) < 4.78 is 0. The summed E-state index contributed by atoms with van der Waals surface area (Å²) in [6.45, 7) is 2.02. The first-order valence-electron chi connectivity index (χ1n) is 4.34. The highest BCUT2D eigenvalue weighted by Gasteiger charge is 2.41. The smallest absolute Gasteiger partial charge is 0.279 e. The van der Waals surface area contributed by atoms with E-state index in [4.69, 9.17) is 0 Å². The zero-order chi connectivity index (χ0) is 9.47. The molecule has 0 spiro atoms. The van der Waals surface area contributed by atoms with Crippen LogP contribution in [0.5, 0.6) is 0 Å². The van der Waals surface area contributed by atoms with Gasteiger partial charge in [-0.1, -0.05) is 11.8 Å². The molecule has 4 nitrogen and oxygen atoms in total. The molecule has 5 heteroatoms. The summed E-state index contributed by atoms with van der Waals surface area (Å²) in [4.78, 5) is 22.3. The predicted octanol–water partition coefficient (Wildman–Crippen LogP) is 0.480. The van der Waals surface area contributed by atoms with Crippen molar-refractivity contribution < 1.29 is 9.59 Å². The lowest BCUT2D eigenvalue weighted by molar-refractivity contribution is -0.123. The van der Waals surface area contributed by atoms with E-state index in [-0.39, 0.29) is 22.7 Å². The monoisotopic (exact) mass is 200 g/mol. The van der Waals surface area contributed by atoms with E-state index in [0.29, 0.717) is 5.75 Å². The van der Waals surface area contributed by atoms with Crippen LogP contribution < -0.4 is 10.6 Å². The van der Waals surface area contributed by atoms with E-state index in [0.717, 1.165) is 12.8 Å². The molecule has 13 heavy (non-hydrogen) atoms. The third-order valence-corrected chi connectivity index (χ3v) is 3.29. The van der Waals surface area contributed by atoms with E-state index in [1.165, 1.54) is 11.8 Å². The van der Waals surface area contributed by atoms with E-state index >= 15 is 0 Å². The van der Waals surface area contributed by atoms with Crippen molar-refractivity contribution in [2.24, 2.45) is 0 Å². The Morgan fingerprint density at radius 2 is 2.38 bits per heavy atom. The summed E-state index contributed by atoms with van der Waals surface area (Å²) in [5.41, 5.74) is 0.00900. The summed E-state index contributed by atoms with van der Waals surface area (Å²) in [7, 11) is 0. The largest absolute Gasteiger partial charge is 0.349 e. The fourth-order valence-electron chi connectivity index (χ4n) is 1.22. The summed E-state index contributed by atoms with van der Waals surface area (Å²) >= 11 is 1.17. The number of rotatable bonds is 2. The van der Waals surface area contributed by atoms with Gasteiger partial charge >= 0.3 is 0 Å². The van der Waals surface area contributed by atoms with Crippen molar-refractivity contribution in [1.29, 1.82) is 0 Å². The summed E-state index contributed by atoms with van der Waals surface area (Å²) in [6, 6.07) is -0.324. The van der Waals surface area contributed by atoms with Crippen LogP contribution in [0.3, 0.4) is 0 Å². The second-order valence-electron chi connectivity index (χ2n) is 3.85. The molecule has 1 atom stereocenters. The number of hydrogen-bond acceptors (Lipinski definition) is 3. The van der Waals surface area contributed by atoms with E-state index in [2.05, 4.69) is 10.6 Å². The van der Waals surface area contributed by atoms with Crippen LogP contribution in [0.4, 0.5) is 4.79 Å². The van der Waals surface area contributed by atoms with Crippen molar-refractivity contribution in [3.63, 3.8) is 0 Å². The molecule has 1 saturated carbocycles. The molecule has 72 valence electrons. The Morgan fingerprint density at radius 3 is 2.85 bits per heavy atom. The molecule has 2 aliphatic rings. The molecule has 1 saturated heterocycles. The molecule has 0 radical (unpaired) electrons. The SMILES string of the molecule is CC1(NC(=O)C2CSC(=O)N2)CC1. The lowest BCUT2D eigenvalue weighted by Crippen LogP contribution is -2.47. The van der Waals surface area contributed by atoms with Gasteiger partial charge in [-0.3, -0.25) is 9.59 Å². The first kappa shape index (κ1) is 8.87. The van der Waals surface area contributed by atoms with Crippen molar-refractivity contribution >= 4 is 22.9 Å². The Bertz CT molecular complexity index is 263. The Kier molecular flexibility index (Phi) is 1.98. The average molecular weight is 200 g/mol. The summed E-state index contributed by atoms with van der Waals surface area (Å²) in [5, 5.41) is 5.45. The van der Waals surface area contributed by atoms with E-state index in [1.54, 1.807) is 0 Å². The zero-order valence-electron chi connectivity index (χ0n) is 7.42. The highest BCUT2D eigenvalue weighted by Crippen LogP contribution is 2.34. The van der Waals surface area contributed by atoms with Crippen molar-refractivity contribution in [1.82, 2.24) is 10.6 Å². The van der Waals surface area contributed by atoms with Gasteiger partial charge in [0, 0.05) is 11.3 Å². The molecule has 0 bridgehead atoms. The molecule has 0 aromatic heterocycles. The van der Waals surface area contributed by atoms with Crippen LogP contribution in [0, 0.1) is 0 Å². The fraction of sp³-hybridized carbons (Fsp3) is 0.750. The van der Waals surface area contributed by atoms with E-state index < -0.39 is 0 Å². The van der Waals surface area contributed by atoms with Crippen molar-refractivity contribution in [3.8, 4) is 0 Å². The minimum absolute atomic E-state index is 0.00900. The normalized spacial score (nSPS) is 29.6. The topological polar surface area (TPSA) is 58.2 Å². The Balaban J connectivity index is 1.87. The average Bonchev–Trinajstić information content (AvgIpc) is 2.62. The first-order valence-corrected chi connectivity index (χ1v) is 5.33. The number of hydrogen-bond donors (Lipinski definition) is 2. The molecule has 1 aliphatic carbocycles. The van der Waals surface area contributed by atoms with Crippen LogP contribution in [-0.2, 0) is 4.79 Å². The van der Waals surface area contributed by atoms with Crippen molar-refractivity contribution in [2.45, 2.75) is 31.3 Å². The minimum atomic E-state index is -0.324. The number of thioether (sulfide) groups is 1. The molecule has 1 aliphatic heterocycles. The zero-order valence-corrected chi connectivity index (χ0v) is 8.24. The van der Waals surface area contributed by atoms with Gasteiger partial charge < -0.3 is 10.6 Å². The van der Waals surface area contributed by atoms with E-state index in [9.17, 15) is 9.59 Å². The van der Waals surface area contributed by atoms with Gasteiger partial charge in [0.15, 0.2) is 0 Å². The lowest BCUT2D eigenvalue weighted by Gasteiger charge is -2.14. The molecular formula is C8H12N2O2S. The molecular weight excluding hydrogens is 188 g/mol. The molecule has 2 N–H and O–H groups in total. The summed E-state index contributed by atoms with van der Waals surface area (Å²) in [6.07, 6.45) is 2.10. The molecule has 0 aromatic rings. The van der Waals surface area contributed by atoms with Gasteiger partial charge in [0.05, 0.1) is 0 Å². The standard InChI is InChI=1S/C8H12N2O2S/c1-8(2-3-8)10-6(11)5-4-13-7(12)9-5/h5H,2-4H2,1H3,(H,9,12)(H,10,11). The molecule has 2 fully saturated rings. The van der Waals surface area contributed by atoms with Crippen LogP contribution >= 0.6 is 11.8 Å². The Labute approximate surface area is 80.8 Å². The maximum absolute atomic E-state index is 11.5. The molecule has 1 heterocycles. The Morgan fingerprint density at radius 1 is 1.69 bits per heavy atom. The van der Waals surface area contributed by atoms with Crippen LogP contribution in [0.15, 0.2) is 0 Å². The number of carbonyl (C=O) groups is 2. The number of amides is 2. The third kappa shape index (κ3) is 1.96. The third-order valence-electron chi connectivity index (χ3n) is 2.41. The van der Waals surface area contributed by atoms with Gasteiger partial charge in [-0.25, -0.2) is 0 Å². The van der Waals surface area contributed by atoms with Crippen molar-refractivity contribution in [2.75, 3.05) is 5.75 Å². The maximum Gasteiger partial charge on any atom is 0.279 e. The van der Waals surface area contributed by atoms with Gasteiger partial charge in [-0.15, -0.1) is 0 Å². The van der Waals surface area contributed by atoms with Crippen LogP contribution in [0.25, 0.3) is 0 Å². The van der Waals surface area contributed by atoms with Gasteiger partial charge in [0.25, 0.3) is 5.24 Å². The Hall–Kier alpha value is -0.710. The molecule has 2 amide bonds. The molecule has 2 rings (SSSR count). The molecule has 1 unspecified atom stereocenters. The van der Waals surface area contributed by atoms with Gasteiger partial charge in [0.1, 0.15) is 6.04 Å². The first-order chi connectivity index (χ1) is 6.09. The van der Waals surface area contributed by atoms with Crippen molar-refractivity contribution in [3.05, 3.63) is 0 Å². The lowest BCUT2D eigenvalue weighted by atomic mass is 10.2. The van der Waals surface area contributed by atoms with Crippen LogP contribution in [0.1, 0.15) is 19.8 Å². The minimum Gasteiger partial charge on any atom is -0.349 e. The predicted molar refractivity (Wildman–Crippen MR) is 50.6 cm³/mol. The second kappa shape index (κ2) is 2.90. The second-order valence-corrected chi connectivity index (χ2v) is 4.84. The van der Waals surface area contributed by atoms with Gasteiger partial charge in [-0.05, 0) is 19.8 Å². The quantitative estimate of drug-likeness (QED) is 0.681. The summed E-state index contributed by atoms with van der Waals surface area (Å²) in [5.74, 6) is 0.513. The van der Waals surface area contributed by atoms with E-state index in [1.807, 2.05) is 6.92 Å².